The van der Waals surface area contributed by atoms with Gasteiger partial charge in [0.2, 0.25) is 15.9 Å². The average molecular weight is 446 g/mol. The van der Waals surface area contributed by atoms with Gasteiger partial charge in [-0.25, -0.2) is 8.42 Å². The van der Waals surface area contributed by atoms with Gasteiger partial charge in [-0.2, -0.15) is 4.31 Å². The Bertz CT molecular complexity index is 1040. The highest BCUT2D eigenvalue weighted by molar-refractivity contribution is 7.89. The standard InChI is InChI=1S/C21H23N3O4S2/c1-28-19-7-3-2-6-16(19)8-13-20(25)23-21(29)22-17-9-11-18(12-10-17)30(26,27)24-14-4-5-15-24/h2-3,6-13H,4-5,14-15H2,1H3,(H2,22,23,25,29)/b13-8+. The zero-order valence-corrected chi connectivity index (χ0v) is 18.1. The van der Waals surface area contributed by atoms with Crippen molar-refractivity contribution in [3.05, 3.63) is 60.2 Å². The number of thiocarbonyl (C=S) groups is 1. The lowest BCUT2D eigenvalue weighted by molar-refractivity contribution is -0.115. The Hall–Kier alpha value is -2.75. The summed E-state index contributed by atoms with van der Waals surface area (Å²) in [6, 6.07) is 13.6. The van der Waals surface area contributed by atoms with Gasteiger partial charge in [0.05, 0.1) is 12.0 Å². The Balaban J connectivity index is 1.57. The number of nitrogens with one attached hydrogen (secondary N) is 2. The van der Waals surface area contributed by atoms with Crippen molar-refractivity contribution in [2.45, 2.75) is 17.7 Å². The van der Waals surface area contributed by atoms with E-state index >= 15 is 0 Å². The van der Waals surface area contributed by atoms with Crippen molar-refractivity contribution >= 4 is 45.0 Å². The number of para-hydroxylation sites is 1. The molecule has 0 aromatic heterocycles. The molecule has 0 aliphatic carbocycles. The number of benzene rings is 2. The molecule has 9 heteroatoms. The highest BCUT2D eigenvalue weighted by Crippen LogP contribution is 2.22. The van der Waals surface area contributed by atoms with Gasteiger partial charge in [-0.3, -0.25) is 10.1 Å². The van der Waals surface area contributed by atoms with Gasteiger partial charge in [0.25, 0.3) is 0 Å². The van der Waals surface area contributed by atoms with E-state index in [0.29, 0.717) is 24.5 Å². The number of carbonyl (C=O) groups excluding carboxylic acids is 1. The van der Waals surface area contributed by atoms with E-state index in [0.717, 1.165) is 18.4 Å². The highest BCUT2D eigenvalue weighted by atomic mass is 32.2. The lowest BCUT2D eigenvalue weighted by Crippen LogP contribution is -2.32. The number of rotatable bonds is 6. The van der Waals surface area contributed by atoms with Gasteiger partial charge in [0.1, 0.15) is 5.75 Å². The van der Waals surface area contributed by atoms with E-state index < -0.39 is 15.9 Å². The second-order valence-corrected chi connectivity index (χ2v) is 9.00. The van der Waals surface area contributed by atoms with Crippen LogP contribution in [0.1, 0.15) is 18.4 Å². The van der Waals surface area contributed by atoms with Crippen molar-refractivity contribution in [2.75, 3.05) is 25.5 Å². The van der Waals surface area contributed by atoms with Gasteiger partial charge in [0, 0.05) is 30.4 Å². The third-order valence-corrected chi connectivity index (χ3v) is 6.72. The second-order valence-electron chi connectivity index (χ2n) is 6.65. The topological polar surface area (TPSA) is 87.7 Å². The molecule has 0 spiro atoms. The molecule has 30 heavy (non-hydrogen) atoms. The fraction of sp³-hybridized carbons (Fsp3) is 0.238. The van der Waals surface area contributed by atoms with Gasteiger partial charge >= 0.3 is 0 Å². The molecule has 1 heterocycles. The van der Waals surface area contributed by atoms with E-state index in [1.165, 1.54) is 22.5 Å². The van der Waals surface area contributed by atoms with Gasteiger partial charge in [-0.15, -0.1) is 0 Å². The maximum absolute atomic E-state index is 12.6. The number of sulfonamides is 1. The molecule has 0 unspecified atom stereocenters. The molecule has 0 radical (unpaired) electrons. The number of amides is 1. The molecule has 158 valence electrons. The molecule has 0 bridgehead atoms. The predicted molar refractivity (Wildman–Crippen MR) is 121 cm³/mol. The molecule has 7 nitrogen and oxygen atoms in total. The van der Waals surface area contributed by atoms with Crippen LogP contribution in [0.4, 0.5) is 5.69 Å². The van der Waals surface area contributed by atoms with Gasteiger partial charge in [0.15, 0.2) is 5.11 Å². The first-order valence-electron chi connectivity index (χ1n) is 9.43. The predicted octanol–water partition coefficient (Wildman–Crippen LogP) is 3.01. The number of hydrogen-bond acceptors (Lipinski definition) is 5. The number of nitrogens with zero attached hydrogens (tertiary/aromatic N) is 1. The molecule has 1 amide bonds. The van der Waals surface area contributed by atoms with Crippen LogP contribution in [0.5, 0.6) is 5.75 Å². The van der Waals surface area contributed by atoms with E-state index in [1.54, 1.807) is 31.4 Å². The first kappa shape index (κ1) is 21.9. The second kappa shape index (κ2) is 9.84. The van der Waals surface area contributed by atoms with Crippen LogP contribution in [0.2, 0.25) is 0 Å². The van der Waals surface area contributed by atoms with Crippen molar-refractivity contribution < 1.29 is 17.9 Å². The van der Waals surface area contributed by atoms with Gasteiger partial charge in [-0.1, -0.05) is 18.2 Å². The van der Waals surface area contributed by atoms with Gasteiger partial charge < -0.3 is 10.1 Å². The summed E-state index contributed by atoms with van der Waals surface area (Å²) in [6.45, 7) is 1.11. The van der Waals surface area contributed by atoms with Crippen LogP contribution in [0, 0.1) is 0 Å². The maximum atomic E-state index is 12.6. The molecule has 2 N–H and O–H groups in total. The minimum absolute atomic E-state index is 0.111. The number of methoxy groups -OCH3 is 1. The van der Waals surface area contributed by atoms with Crippen molar-refractivity contribution in [3.8, 4) is 5.75 Å². The van der Waals surface area contributed by atoms with Crippen LogP contribution in [-0.2, 0) is 14.8 Å². The van der Waals surface area contributed by atoms with E-state index in [2.05, 4.69) is 10.6 Å². The summed E-state index contributed by atoms with van der Waals surface area (Å²) in [6.07, 6.45) is 4.77. The summed E-state index contributed by atoms with van der Waals surface area (Å²) in [5.74, 6) is 0.262. The van der Waals surface area contributed by atoms with Crippen LogP contribution >= 0.6 is 12.2 Å². The highest BCUT2D eigenvalue weighted by Gasteiger charge is 2.26. The molecular formula is C21H23N3O4S2. The monoisotopic (exact) mass is 445 g/mol. The zero-order valence-electron chi connectivity index (χ0n) is 16.5. The molecule has 2 aromatic rings. The van der Waals surface area contributed by atoms with E-state index in [4.69, 9.17) is 17.0 Å². The molecule has 2 aromatic carbocycles. The largest absolute Gasteiger partial charge is 0.496 e. The SMILES string of the molecule is COc1ccccc1/C=C/C(=O)NC(=S)Nc1ccc(S(=O)(=O)N2CCCC2)cc1. The maximum Gasteiger partial charge on any atom is 0.250 e. The summed E-state index contributed by atoms with van der Waals surface area (Å²) in [5, 5.41) is 5.54. The van der Waals surface area contributed by atoms with Crippen LogP contribution in [-0.4, -0.2) is 43.9 Å². The number of hydrogen-bond donors (Lipinski definition) is 2. The molecular weight excluding hydrogens is 422 g/mol. The first-order chi connectivity index (χ1) is 14.4. The van der Waals surface area contributed by atoms with Crippen LogP contribution in [0.25, 0.3) is 6.08 Å². The molecule has 1 aliphatic rings. The fourth-order valence-corrected chi connectivity index (χ4v) is 4.81. The third kappa shape index (κ3) is 5.44. The summed E-state index contributed by atoms with van der Waals surface area (Å²) in [5.41, 5.74) is 1.35. The lowest BCUT2D eigenvalue weighted by Gasteiger charge is -2.16. The van der Waals surface area contributed by atoms with Crippen molar-refractivity contribution in [1.29, 1.82) is 0 Å². The Morgan fingerprint density at radius 3 is 2.43 bits per heavy atom. The number of carbonyl (C=O) groups is 1. The smallest absolute Gasteiger partial charge is 0.250 e. The van der Waals surface area contributed by atoms with Crippen LogP contribution in [0.15, 0.2) is 59.5 Å². The quantitative estimate of drug-likeness (QED) is 0.525. The van der Waals surface area contributed by atoms with Crippen molar-refractivity contribution in [3.63, 3.8) is 0 Å². The Morgan fingerprint density at radius 2 is 1.77 bits per heavy atom. The molecule has 1 saturated heterocycles. The first-order valence-corrected chi connectivity index (χ1v) is 11.3. The van der Waals surface area contributed by atoms with Crippen molar-refractivity contribution in [1.82, 2.24) is 9.62 Å². The molecule has 1 fully saturated rings. The zero-order chi connectivity index (χ0) is 21.6. The molecule has 0 atom stereocenters. The minimum atomic E-state index is -3.46. The Kier molecular flexibility index (Phi) is 7.20. The summed E-state index contributed by atoms with van der Waals surface area (Å²) >= 11 is 5.16. The molecule has 1 aliphatic heterocycles. The minimum Gasteiger partial charge on any atom is -0.496 e. The number of anilines is 1. The molecule has 0 saturated carbocycles. The normalized spacial score (nSPS) is 14.6. The van der Waals surface area contributed by atoms with Crippen LogP contribution < -0.4 is 15.4 Å². The lowest BCUT2D eigenvalue weighted by atomic mass is 10.2. The van der Waals surface area contributed by atoms with E-state index in [9.17, 15) is 13.2 Å². The Labute approximate surface area is 181 Å². The van der Waals surface area contributed by atoms with E-state index in [-0.39, 0.29) is 10.0 Å². The Morgan fingerprint density at radius 1 is 1.10 bits per heavy atom. The van der Waals surface area contributed by atoms with Crippen LogP contribution in [0.3, 0.4) is 0 Å². The fourth-order valence-electron chi connectivity index (χ4n) is 3.07. The van der Waals surface area contributed by atoms with Gasteiger partial charge in [-0.05, 0) is 61.5 Å². The molecule has 3 rings (SSSR count). The van der Waals surface area contributed by atoms with E-state index in [1.807, 2.05) is 18.2 Å². The third-order valence-electron chi connectivity index (χ3n) is 4.60. The summed E-state index contributed by atoms with van der Waals surface area (Å²) in [4.78, 5) is 12.3. The summed E-state index contributed by atoms with van der Waals surface area (Å²) < 4.78 is 31.8. The summed E-state index contributed by atoms with van der Waals surface area (Å²) in [7, 11) is -1.90. The average Bonchev–Trinajstić information content (AvgIpc) is 3.28. The van der Waals surface area contributed by atoms with Crippen molar-refractivity contribution in [2.24, 2.45) is 0 Å². The number of ether oxygens (including phenoxy) is 1.